The molecule has 0 aromatic carbocycles. The van der Waals surface area contributed by atoms with Crippen LogP contribution in [0.25, 0.3) is 5.57 Å². The fraction of sp³-hybridized carbons (Fsp3) is 0.742. The third kappa shape index (κ3) is 4.37. The van der Waals surface area contributed by atoms with E-state index in [-0.39, 0.29) is 5.41 Å². The van der Waals surface area contributed by atoms with E-state index in [1.54, 1.807) is 5.57 Å². The molecule has 190 valence electrons. The number of nitrogens with zero attached hydrogens (tertiary/aromatic N) is 2. The molecule has 0 bridgehead atoms. The molecule has 6 unspecified atom stereocenters. The fourth-order valence-corrected chi connectivity index (χ4v) is 8.30. The molecule has 0 N–H and O–H groups in total. The second-order valence-corrected chi connectivity index (χ2v) is 11.1. The minimum absolute atomic E-state index is 0.285. The van der Waals surface area contributed by atoms with Crippen LogP contribution in [0, 0.1) is 35.5 Å². The first-order valence-electron chi connectivity index (χ1n) is 14.3. The number of amides is 1. The number of hydrogen-bond donors (Lipinski definition) is 0. The Morgan fingerprint density at radius 1 is 1.06 bits per heavy atom. The lowest BCUT2D eigenvalue weighted by molar-refractivity contribution is -0.153. The van der Waals surface area contributed by atoms with E-state index in [1.165, 1.54) is 56.1 Å². The maximum absolute atomic E-state index is 12.7. The summed E-state index contributed by atoms with van der Waals surface area (Å²) in [4.78, 5) is 19.5. The number of pyridine rings is 1. The van der Waals surface area contributed by atoms with Gasteiger partial charge in [0, 0.05) is 31.4 Å². The van der Waals surface area contributed by atoms with E-state index < -0.39 is 0 Å². The van der Waals surface area contributed by atoms with Gasteiger partial charge in [0.1, 0.15) is 0 Å². The molecule has 3 heteroatoms. The van der Waals surface area contributed by atoms with Gasteiger partial charge in [-0.05, 0) is 103 Å². The Balaban J connectivity index is 0.000000771. The molecular formula is C31H50N2O. The van der Waals surface area contributed by atoms with E-state index in [2.05, 4.69) is 49.0 Å². The summed E-state index contributed by atoms with van der Waals surface area (Å²) in [6.45, 7) is 18.2. The van der Waals surface area contributed by atoms with Crippen LogP contribution >= 0.6 is 0 Å². The molecule has 1 aromatic heterocycles. The van der Waals surface area contributed by atoms with Crippen molar-refractivity contribution >= 4 is 11.5 Å². The number of piperidine rings is 1. The predicted molar refractivity (Wildman–Crippen MR) is 144 cm³/mol. The minimum atomic E-state index is 0.285. The van der Waals surface area contributed by atoms with E-state index in [4.69, 9.17) is 0 Å². The average molecular weight is 467 g/mol. The van der Waals surface area contributed by atoms with E-state index in [9.17, 15) is 4.79 Å². The summed E-state index contributed by atoms with van der Waals surface area (Å²) in [7, 11) is 0. The lowest BCUT2D eigenvalue weighted by Gasteiger charge is -2.62. The highest BCUT2D eigenvalue weighted by molar-refractivity contribution is 5.76. The van der Waals surface area contributed by atoms with Gasteiger partial charge in [0.2, 0.25) is 5.91 Å². The number of aromatic nitrogens is 1. The third-order valence-corrected chi connectivity index (χ3v) is 9.70. The molecule has 6 atom stereocenters. The predicted octanol–water partition coefficient (Wildman–Crippen LogP) is 8.08. The van der Waals surface area contributed by atoms with E-state index in [1.807, 2.05) is 40.8 Å². The van der Waals surface area contributed by atoms with Gasteiger partial charge in [0.05, 0.1) is 0 Å². The fourth-order valence-electron chi connectivity index (χ4n) is 8.30. The van der Waals surface area contributed by atoms with Gasteiger partial charge < -0.3 is 4.90 Å². The molecule has 34 heavy (non-hydrogen) atoms. The molecule has 2 saturated carbocycles. The second kappa shape index (κ2) is 11.0. The Labute approximate surface area is 209 Å². The highest BCUT2D eigenvalue weighted by Gasteiger charge is 2.59. The van der Waals surface area contributed by atoms with Gasteiger partial charge in [-0.15, -0.1) is 0 Å². The SMILES string of the molecule is CC.CC.CCC(=O)N1CCCC2(C)C3CCC4(C)C(c5cncc(C)c5)=CCC4C3CCC12. The number of rotatable bonds is 2. The molecule has 3 fully saturated rings. The Morgan fingerprint density at radius 2 is 1.79 bits per heavy atom. The Kier molecular flexibility index (Phi) is 8.69. The van der Waals surface area contributed by atoms with Crippen molar-refractivity contribution in [1.82, 2.24) is 9.88 Å². The van der Waals surface area contributed by atoms with Crippen LogP contribution in [-0.4, -0.2) is 28.4 Å². The van der Waals surface area contributed by atoms with Crippen molar-refractivity contribution in [2.45, 2.75) is 113 Å². The first kappa shape index (κ1) is 27.0. The monoisotopic (exact) mass is 466 g/mol. The molecule has 1 saturated heterocycles. The van der Waals surface area contributed by atoms with Crippen molar-refractivity contribution in [1.29, 1.82) is 0 Å². The van der Waals surface area contributed by atoms with Gasteiger partial charge in [0.25, 0.3) is 0 Å². The van der Waals surface area contributed by atoms with E-state index in [0.29, 0.717) is 23.8 Å². The second-order valence-electron chi connectivity index (χ2n) is 11.1. The van der Waals surface area contributed by atoms with Crippen molar-refractivity contribution in [2.75, 3.05) is 6.54 Å². The Morgan fingerprint density at radius 3 is 2.47 bits per heavy atom. The van der Waals surface area contributed by atoms with Gasteiger partial charge in [-0.1, -0.05) is 54.5 Å². The van der Waals surface area contributed by atoms with Crippen LogP contribution in [0.5, 0.6) is 0 Å². The van der Waals surface area contributed by atoms with Gasteiger partial charge in [-0.25, -0.2) is 0 Å². The molecule has 3 aliphatic carbocycles. The van der Waals surface area contributed by atoms with Crippen LogP contribution in [0.15, 0.2) is 24.5 Å². The standard InChI is InChI=1S/C27H38N2O.2C2H6/c1-5-25(30)29-14-6-12-27(4)23-11-13-26(3)21(19-15-18(2)16-28-17-19)8-9-22(26)20(23)7-10-24(27)29;2*1-2/h8,15-17,20,22-24H,5-7,9-14H2,1-4H3;2*1-2H3. The number of aryl methyl sites for hydroxylation is 1. The number of carbonyl (C=O) groups excluding carboxylic acids is 1. The summed E-state index contributed by atoms with van der Waals surface area (Å²) in [5.74, 6) is 2.70. The molecule has 4 aliphatic rings. The number of likely N-dealkylation sites (tertiary alicyclic amines) is 1. The first-order chi connectivity index (χ1) is 16.4. The van der Waals surface area contributed by atoms with Gasteiger partial charge in [0.15, 0.2) is 0 Å². The minimum Gasteiger partial charge on any atom is -0.339 e. The van der Waals surface area contributed by atoms with E-state index in [0.717, 1.165) is 24.3 Å². The Hall–Kier alpha value is -1.64. The van der Waals surface area contributed by atoms with Gasteiger partial charge in [-0.2, -0.15) is 0 Å². The zero-order valence-corrected chi connectivity index (χ0v) is 23.3. The first-order valence-corrected chi connectivity index (χ1v) is 14.3. The molecule has 2 heterocycles. The summed E-state index contributed by atoms with van der Waals surface area (Å²) in [6, 6.07) is 2.80. The maximum atomic E-state index is 12.7. The summed E-state index contributed by atoms with van der Waals surface area (Å²) < 4.78 is 0. The smallest absolute Gasteiger partial charge is 0.222 e. The topological polar surface area (TPSA) is 33.2 Å². The molecule has 1 aliphatic heterocycles. The van der Waals surface area contributed by atoms with Crippen LogP contribution in [0.2, 0.25) is 0 Å². The summed E-state index contributed by atoms with van der Waals surface area (Å²) >= 11 is 0. The lowest BCUT2D eigenvalue weighted by Crippen LogP contribution is -2.61. The summed E-state index contributed by atoms with van der Waals surface area (Å²) in [6.07, 6.45) is 16.0. The highest BCUT2D eigenvalue weighted by Crippen LogP contribution is 2.66. The van der Waals surface area contributed by atoms with Crippen molar-refractivity contribution in [2.24, 2.45) is 28.6 Å². The van der Waals surface area contributed by atoms with E-state index >= 15 is 0 Å². The average Bonchev–Trinajstić information content (AvgIpc) is 3.22. The van der Waals surface area contributed by atoms with Gasteiger partial charge in [-0.3, -0.25) is 9.78 Å². The number of allylic oxidation sites excluding steroid dienone is 2. The van der Waals surface area contributed by atoms with Crippen molar-refractivity contribution in [3.8, 4) is 0 Å². The molecule has 5 rings (SSSR count). The molecule has 3 nitrogen and oxygen atoms in total. The molecule has 1 aromatic rings. The van der Waals surface area contributed by atoms with Crippen molar-refractivity contribution < 1.29 is 4.79 Å². The van der Waals surface area contributed by atoms with Crippen LogP contribution in [-0.2, 0) is 4.79 Å². The largest absolute Gasteiger partial charge is 0.339 e. The number of fused-ring (bicyclic) bond motifs is 5. The summed E-state index contributed by atoms with van der Waals surface area (Å²) in [5.41, 5.74) is 4.75. The molecular weight excluding hydrogens is 416 g/mol. The van der Waals surface area contributed by atoms with Crippen LogP contribution in [0.1, 0.15) is 111 Å². The van der Waals surface area contributed by atoms with Crippen molar-refractivity contribution in [3.63, 3.8) is 0 Å². The Bertz CT molecular complexity index is 876. The van der Waals surface area contributed by atoms with Crippen LogP contribution in [0.3, 0.4) is 0 Å². The third-order valence-electron chi connectivity index (χ3n) is 9.70. The van der Waals surface area contributed by atoms with Crippen LogP contribution < -0.4 is 0 Å². The lowest BCUT2D eigenvalue weighted by atomic mass is 9.46. The highest BCUT2D eigenvalue weighted by atomic mass is 16.2. The van der Waals surface area contributed by atoms with Gasteiger partial charge >= 0.3 is 0 Å². The molecule has 1 amide bonds. The summed E-state index contributed by atoms with van der Waals surface area (Å²) in [5, 5.41) is 0. The zero-order chi connectivity index (χ0) is 25.1. The number of carbonyl (C=O) groups is 1. The zero-order valence-electron chi connectivity index (χ0n) is 23.3. The maximum Gasteiger partial charge on any atom is 0.222 e. The molecule has 0 spiro atoms. The molecule has 0 radical (unpaired) electrons. The number of hydrogen-bond acceptors (Lipinski definition) is 2. The quantitative estimate of drug-likeness (QED) is 0.441. The van der Waals surface area contributed by atoms with Crippen LogP contribution in [0.4, 0.5) is 0 Å². The normalized spacial score (nSPS) is 35.9. The van der Waals surface area contributed by atoms with Crippen molar-refractivity contribution in [3.05, 3.63) is 35.7 Å².